The summed E-state index contributed by atoms with van der Waals surface area (Å²) in [5.74, 6) is -48.2. The van der Waals surface area contributed by atoms with Crippen LogP contribution in [0.5, 0.6) is 0 Å². The van der Waals surface area contributed by atoms with Crippen LogP contribution in [0.15, 0.2) is 0 Å². The van der Waals surface area contributed by atoms with Crippen molar-refractivity contribution < 1.29 is 87.8 Å². The summed E-state index contributed by atoms with van der Waals surface area (Å²) < 4.78 is 256. The van der Waals surface area contributed by atoms with Crippen molar-refractivity contribution in [2.75, 3.05) is 0 Å². The summed E-state index contributed by atoms with van der Waals surface area (Å²) in [4.78, 5) is 0. The SMILES string of the molecule is Fc1c(F)c(F)[c]([Ge][c]2c(F)c(F)c(F)c(F)c2F)c(F)c1F.Fc1c(F)c(F)[c]([Ge][c]2c(F)c(F)c(F)c(F)c2F)c(F)c1F. The first-order chi connectivity index (χ1) is 21.2. The Morgan fingerprint density at radius 2 is 0.239 bits per heavy atom. The van der Waals surface area contributed by atoms with Crippen LogP contribution in [-0.2, 0) is 0 Å². The third kappa shape index (κ3) is 6.28. The van der Waals surface area contributed by atoms with Crippen LogP contribution in [0.4, 0.5) is 87.8 Å². The van der Waals surface area contributed by atoms with Gasteiger partial charge in [-0.05, 0) is 0 Å². The van der Waals surface area contributed by atoms with E-state index in [2.05, 4.69) is 0 Å². The zero-order valence-electron chi connectivity index (χ0n) is 20.6. The first kappa shape index (κ1) is 37.0. The topological polar surface area (TPSA) is 0 Å². The Hall–Kier alpha value is -3.43. The second kappa shape index (κ2) is 13.7. The predicted octanol–water partition coefficient (Wildman–Crippen LogP) is 5.47. The maximum absolute atomic E-state index is 13.4. The van der Waals surface area contributed by atoms with Gasteiger partial charge in [0.2, 0.25) is 0 Å². The molecule has 0 aliphatic heterocycles. The van der Waals surface area contributed by atoms with E-state index in [0.717, 1.165) is 0 Å². The van der Waals surface area contributed by atoms with Crippen LogP contribution >= 0.6 is 0 Å². The zero-order chi connectivity index (χ0) is 35.3. The van der Waals surface area contributed by atoms with Crippen molar-refractivity contribution in [2.24, 2.45) is 0 Å². The molecule has 0 nitrogen and oxygen atoms in total. The number of hydrogen-bond donors (Lipinski definition) is 0. The normalized spacial score (nSPS) is 11.2. The van der Waals surface area contributed by atoms with Crippen molar-refractivity contribution in [1.82, 2.24) is 0 Å². The van der Waals surface area contributed by atoms with Gasteiger partial charge in [0.15, 0.2) is 0 Å². The minimum absolute atomic E-state index is 1.61. The summed E-state index contributed by atoms with van der Waals surface area (Å²) in [6.07, 6.45) is 0. The first-order valence-electron chi connectivity index (χ1n) is 10.8. The summed E-state index contributed by atoms with van der Waals surface area (Å²) in [7, 11) is 0. The van der Waals surface area contributed by atoms with Crippen molar-refractivity contribution in [3.8, 4) is 0 Å². The summed E-state index contributed by atoms with van der Waals surface area (Å²) >= 11 is -6.22. The fourth-order valence-electron chi connectivity index (χ4n) is 3.11. The number of rotatable bonds is 4. The minimum atomic E-state index is -3.11. The van der Waals surface area contributed by atoms with Crippen molar-refractivity contribution in [3.05, 3.63) is 116 Å². The van der Waals surface area contributed by atoms with Crippen LogP contribution in [0, 0.1) is 116 Å². The molecule has 0 aliphatic carbocycles. The van der Waals surface area contributed by atoms with Crippen LogP contribution in [-0.4, -0.2) is 30.9 Å². The predicted molar refractivity (Wildman–Crippen MR) is 115 cm³/mol. The molecule has 0 N–H and O–H groups in total. The second-order valence-corrected chi connectivity index (χ2v) is 13.3. The second-order valence-electron chi connectivity index (χ2n) is 8.03. The van der Waals surface area contributed by atoms with Crippen LogP contribution in [0.3, 0.4) is 0 Å². The maximum atomic E-state index is 13.4. The molecule has 0 unspecified atom stereocenters. The molecule has 0 atom stereocenters. The molecule has 4 radical (unpaired) electrons. The van der Waals surface area contributed by atoms with E-state index in [1.807, 2.05) is 0 Å². The molecule has 0 spiro atoms. The Morgan fingerprint density at radius 3 is 0.348 bits per heavy atom. The van der Waals surface area contributed by atoms with Crippen molar-refractivity contribution in [3.63, 3.8) is 0 Å². The molecule has 0 aliphatic rings. The summed E-state index contributed by atoms with van der Waals surface area (Å²) in [5, 5.41) is 0. The van der Waals surface area contributed by atoms with E-state index in [1.165, 1.54) is 0 Å². The number of benzene rings is 4. The molecule has 244 valence electrons. The van der Waals surface area contributed by atoms with E-state index < -0.39 is 165 Å². The molecule has 4 aromatic rings. The fourth-order valence-corrected chi connectivity index (χ4v) is 7.84. The van der Waals surface area contributed by atoms with Gasteiger partial charge in [0.05, 0.1) is 0 Å². The third-order valence-electron chi connectivity index (χ3n) is 5.34. The Morgan fingerprint density at radius 1 is 0.152 bits per heavy atom. The van der Waals surface area contributed by atoms with Crippen molar-refractivity contribution in [2.45, 2.75) is 0 Å². The van der Waals surface area contributed by atoms with Gasteiger partial charge >= 0.3 is 253 Å². The third-order valence-corrected chi connectivity index (χ3v) is 11.1. The molecule has 0 saturated carbocycles. The van der Waals surface area contributed by atoms with Gasteiger partial charge in [-0.25, -0.2) is 0 Å². The van der Waals surface area contributed by atoms with Crippen molar-refractivity contribution >= 4 is 48.4 Å². The Bertz CT molecular complexity index is 1520. The van der Waals surface area contributed by atoms with E-state index >= 15 is 0 Å². The molecule has 4 rings (SSSR count). The van der Waals surface area contributed by atoms with E-state index in [1.54, 1.807) is 0 Å². The zero-order valence-corrected chi connectivity index (χ0v) is 24.8. The van der Waals surface area contributed by atoms with Crippen LogP contribution in [0.1, 0.15) is 0 Å². The molecule has 0 fully saturated rings. The number of halogens is 20. The molecule has 22 heteroatoms. The summed E-state index contributed by atoms with van der Waals surface area (Å²) in [6.45, 7) is 0. The Kier molecular flexibility index (Phi) is 11.1. The molecule has 46 heavy (non-hydrogen) atoms. The van der Waals surface area contributed by atoms with Gasteiger partial charge in [-0.1, -0.05) is 0 Å². The molecular formula is C24F20Ge2. The van der Waals surface area contributed by atoms with Gasteiger partial charge in [0.1, 0.15) is 0 Å². The van der Waals surface area contributed by atoms with Crippen LogP contribution in [0.25, 0.3) is 0 Å². The molecule has 4 aromatic carbocycles. The van der Waals surface area contributed by atoms with Gasteiger partial charge in [0.25, 0.3) is 0 Å². The molecular weight excluding hydrogens is 813 g/mol. The molecule has 0 bridgehead atoms. The van der Waals surface area contributed by atoms with Gasteiger partial charge < -0.3 is 0 Å². The molecule has 0 aromatic heterocycles. The molecule has 0 amide bonds. The average Bonchev–Trinajstić information content (AvgIpc) is 3.04. The Labute approximate surface area is 252 Å². The first-order valence-corrected chi connectivity index (χ1v) is 15.0. The van der Waals surface area contributed by atoms with Gasteiger partial charge in [-0.3, -0.25) is 0 Å². The van der Waals surface area contributed by atoms with E-state index in [9.17, 15) is 87.8 Å². The van der Waals surface area contributed by atoms with Gasteiger partial charge in [0, 0.05) is 0 Å². The molecule has 0 saturated heterocycles. The van der Waals surface area contributed by atoms with E-state index in [-0.39, 0.29) is 0 Å². The Balaban J connectivity index is 0.000000250. The quantitative estimate of drug-likeness (QED) is 0.111. The standard InChI is InChI=1S/2C12F10Ge/c2*13-1-3(15)7(19)11(8(20)4(1)16)23-12-9(21)5(17)2(14)6(18)10(12)22. The van der Waals surface area contributed by atoms with Crippen molar-refractivity contribution in [1.29, 1.82) is 0 Å². The monoisotopic (exact) mass is 816 g/mol. The van der Waals surface area contributed by atoms with E-state index in [0.29, 0.717) is 0 Å². The van der Waals surface area contributed by atoms with E-state index in [4.69, 9.17) is 0 Å². The average molecular weight is 813 g/mol. The van der Waals surface area contributed by atoms with Gasteiger partial charge in [-0.15, -0.1) is 0 Å². The molecule has 0 heterocycles. The fraction of sp³-hybridized carbons (Fsp3) is 0. The number of hydrogen-bond acceptors (Lipinski definition) is 0. The summed E-state index contributed by atoms with van der Waals surface area (Å²) in [6, 6.07) is 0. The van der Waals surface area contributed by atoms with Gasteiger partial charge in [-0.2, -0.15) is 0 Å². The van der Waals surface area contributed by atoms with Crippen LogP contribution < -0.4 is 17.6 Å². The summed E-state index contributed by atoms with van der Waals surface area (Å²) in [5.41, 5.74) is 0. The van der Waals surface area contributed by atoms with Crippen LogP contribution in [0.2, 0.25) is 0 Å².